The first-order chi connectivity index (χ1) is 11.7. The lowest BCUT2D eigenvalue weighted by Gasteiger charge is -2.05. The number of carbonyl (C=O) groups excluding carboxylic acids is 1. The number of Topliss-reactive ketones (excluding diaryl/α,β-unsaturated/α-hetero) is 1. The second kappa shape index (κ2) is 7.63. The second-order valence-electron chi connectivity index (χ2n) is 4.77. The van der Waals surface area contributed by atoms with Crippen LogP contribution in [0.4, 0.5) is 0 Å². The van der Waals surface area contributed by atoms with Gasteiger partial charge in [-0.05, 0) is 40.2 Å². The number of halogens is 1. The van der Waals surface area contributed by atoms with Crippen LogP contribution in [-0.2, 0) is 0 Å². The highest BCUT2D eigenvalue weighted by Gasteiger charge is 2.15. The Bertz CT molecular complexity index is 866. The minimum atomic E-state index is -0.0573. The Labute approximate surface area is 151 Å². The topological polar surface area (TPSA) is 65.2 Å². The number of ketones is 1. The van der Waals surface area contributed by atoms with Gasteiger partial charge in [-0.3, -0.25) is 4.79 Å². The molecule has 1 heterocycles. The molecule has 0 aliphatic carbocycles. The third kappa shape index (κ3) is 3.68. The summed E-state index contributed by atoms with van der Waals surface area (Å²) in [5.41, 5.74) is 1.35. The molecule has 0 unspecified atom stereocenters. The number of rotatable bonds is 6. The van der Waals surface area contributed by atoms with Crippen LogP contribution in [0.5, 0.6) is 5.75 Å². The lowest BCUT2D eigenvalue weighted by molar-refractivity contribution is 0.101. The molecule has 7 heteroatoms. The molecular formula is C17H13BrN2O3S. The first-order valence-electron chi connectivity index (χ1n) is 7.06. The van der Waals surface area contributed by atoms with Gasteiger partial charge in [0.05, 0.1) is 24.0 Å². The molecule has 0 bridgehead atoms. The van der Waals surface area contributed by atoms with E-state index in [0.29, 0.717) is 22.4 Å². The SMILES string of the molecule is COc1ccccc1C(=O)CSc1nnc(-c2ccccc2Br)o1. The molecule has 0 aliphatic heterocycles. The average Bonchev–Trinajstić information content (AvgIpc) is 3.08. The van der Waals surface area contributed by atoms with Gasteiger partial charge in [0.25, 0.3) is 5.22 Å². The van der Waals surface area contributed by atoms with Gasteiger partial charge in [-0.25, -0.2) is 0 Å². The summed E-state index contributed by atoms with van der Waals surface area (Å²) in [7, 11) is 1.54. The van der Waals surface area contributed by atoms with Crippen LogP contribution in [0.15, 0.2) is 62.6 Å². The van der Waals surface area contributed by atoms with E-state index in [2.05, 4.69) is 26.1 Å². The molecule has 122 valence electrons. The number of hydrogen-bond acceptors (Lipinski definition) is 6. The van der Waals surface area contributed by atoms with Gasteiger partial charge >= 0.3 is 0 Å². The smallest absolute Gasteiger partial charge is 0.277 e. The second-order valence-corrected chi connectivity index (χ2v) is 6.55. The van der Waals surface area contributed by atoms with Gasteiger partial charge in [0.1, 0.15) is 5.75 Å². The van der Waals surface area contributed by atoms with Gasteiger partial charge < -0.3 is 9.15 Å². The molecule has 0 atom stereocenters. The minimum absolute atomic E-state index is 0.0573. The van der Waals surface area contributed by atoms with Crippen molar-refractivity contribution < 1.29 is 13.9 Å². The van der Waals surface area contributed by atoms with Gasteiger partial charge in [-0.1, -0.05) is 36.0 Å². The highest BCUT2D eigenvalue weighted by molar-refractivity contribution is 9.10. The van der Waals surface area contributed by atoms with Gasteiger partial charge in [0.15, 0.2) is 5.78 Å². The highest BCUT2D eigenvalue weighted by Crippen LogP contribution is 2.29. The van der Waals surface area contributed by atoms with Crippen molar-refractivity contribution in [2.24, 2.45) is 0 Å². The summed E-state index contributed by atoms with van der Waals surface area (Å²) < 4.78 is 11.7. The summed E-state index contributed by atoms with van der Waals surface area (Å²) in [6.07, 6.45) is 0. The van der Waals surface area contributed by atoms with Crippen LogP contribution < -0.4 is 4.74 Å². The first-order valence-corrected chi connectivity index (χ1v) is 8.84. The number of nitrogens with zero attached hydrogens (tertiary/aromatic N) is 2. The van der Waals surface area contributed by atoms with Crippen molar-refractivity contribution in [3.05, 3.63) is 58.6 Å². The molecule has 0 spiro atoms. The summed E-state index contributed by atoms with van der Waals surface area (Å²) in [5, 5.41) is 8.36. The van der Waals surface area contributed by atoms with Crippen LogP contribution in [0.1, 0.15) is 10.4 Å². The molecule has 0 saturated heterocycles. The number of aromatic nitrogens is 2. The highest BCUT2D eigenvalue weighted by atomic mass is 79.9. The lowest BCUT2D eigenvalue weighted by Crippen LogP contribution is -2.04. The number of carbonyl (C=O) groups is 1. The molecule has 3 aromatic rings. The van der Waals surface area contributed by atoms with Crippen LogP contribution in [0.25, 0.3) is 11.5 Å². The molecule has 0 N–H and O–H groups in total. The third-order valence-corrected chi connectivity index (χ3v) is 4.75. The lowest BCUT2D eigenvalue weighted by atomic mass is 10.1. The van der Waals surface area contributed by atoms with Crippen LogP contribution in [0.2, 0.25) is 0 Å². The van der Waals surface area contributed by atoms with Crippen molar-refractivity contribution in [1.82, 2.24) is 10.2 Å². The Balaban J connectivity index is 1.70. The van der Waals surface area contributed by atoms with Crippen molar-refractivity contribution in [2.75, 3.05) is 12.9 Å². The van der Waals surface area contributed by atoms with E-state index in [1.54, 1.807) is 25.3 Å². The van der Waals surface area contributed by atoms with Crippen molar-refractivity contribution in [1.29, 1.82) is 0 Å². The number of hydrogen-bond donors (Lipinski definition) is 0. The molecular weight excluding hydrogens is 392 g/mol. The van der Waals surface area contributed by atoms with E-state index in [-0.39, 0.29) is 11.5 Å². The Morgan fingerprint density at radius 3 is 2.71 bits per heavy atom. The van der Waals surface area contributed by atoms with E-state index in [9.17, 15) is 4.79 Å². The normalized spacial score (nSPS) is 10.6. The third-order valence-electron chi connectivity index (χ3n) is 3.24. The zero-order chi connectivity index (χ0) is 16.9. The van der Waals surface area contributed by atoms with E-state index in [1.165, 1.54) is 11.8 Å². The van der Waals surface area contributed by atoms with E-state index in [0.717, 1.165) is 10.0 Å². The largest absolute Gasteiger partial charge is 0.496 e. The Morgan fingerprint density at radius 2 is 1.92 bits per heavy atom. The molecule has 3 rings (SSSR count). The number of benzene rings is 2. The molecule has 0 fully saturated rings. The summed E-state index contributed by atoms with van der Waals surface area (Å²) in [6.45, 7) is 0. The molecule has 2 aromatic carbocycles. The minimum Gasteiger partial charge on any atom is -0.496 e. The maximum Gasteiger partial charge on any atom is 0.277 e. The molecule has 1 aromatic heterocycles. The zero-order valence-corrected chi connectivity index (χ0v) is 15.1. The maximum atomic E-state index is 12.3. The maximum absolute atomic E-state index is 12.3. The monoisotopic (exact) mass is 404 g/mol. The van der Waals surface area contributed by atoms with E-state index in [1.807, 2.05) is 30.3 Å². The van der Waals surface area contributed by atoms with Crippen LogP contribution >= 0.6 is 27.7 Å². The Hall–Kier alpha value is -2.12. The summed E-state index contributed by atoms with van der Waals surface area (Å²) in [4.78, 5) is 12.3. The summed E-state index contributed by atoms with van der Waals surface area (Å²) in [5.74, 6) is 1.10. The van der Waals surface area contributed by atoms with Crippen LogP contribution in [0, 0.1) is 0 Å². The summed E-state index contributed by atoms with van der Waals surface area (Å²) >= 11 is 4.65. The standard InChI is InChI=1S/C17H13BrN2O3S/c1-22-15-9-5-3-7-12(15)14(21)10-24-17-20-19-16(23-17)11-6-2-4-8-13(11)18/h2-9H,10H2,1H3. The van der Waals surface area contributed by atoms with Gasteiger partial charge in [0.2, 0.25) is 5.89 Å². The van der Waals surface area contributed by atoms with Crippen molar-refractivity contribution in [2.45, 2.75) is 5.22 Å². The number of methoxy groups -OCH3 is 1. The van der Waals surface area contributed by atoms with Crippen LogP contribution in [-0.4, -0.2) is 28.8 Å². The Morgan fingerprint density at radius 1 is 1.17 bits per heavy atom. The number of thioether (sulfide) groups is 1. The molecule has 0 aliphatic rings. The van der Waals surface area contributed by atoms with Crippen molar-refractivity contribution >= 4 is 33.5 Å². The first kappa shape index (κ1) is 16.7. The molecule has 0 amide bonds. The quantitative estimate of drug-likeness (QED) is 0.445. The number of para-hydroxylation sites is 1. The zero-order valence-electron chi connectivity index (χ0n) is 12.7. The van der Waals surface area contributed by atoms with E-state index < -0.39 is 0 Å². The fourth-order valence-electron chi connectivity index (χ4n) is 2.09. The van der Waals surface area contributed by atoms with Gasteiger partial charge in [-0.15, -0.1) is 10.2 Å². The van der Waals surface area contributed by atoms with E-state index in [4.69, 9.17) is 9.15 Å². The molecule has 5 nitrogen and oxygen atoms in total. The Kier molecular flexibility index (Phi) is 5.32. The number of ether oxygens (including phenoxy) is 1. The van der Waals surface area contributed by atoms with Gasteiger partial charge in [-0.2, -0.15) is 0 Å². The van der Waals surface area contributed by atoms with Crippen molar-refractivity contribution in [3.8, 4) is 17.2 Å². The molecule has 24 heavy (non-hydrogen) atoms. The van der Waals surface area contributed by atoms with Crippen LogP contribution in [0.3, 0.4) is 0 Å². The summed E-state index contributed by atoms with van der Waals surface area (Å²) in [6, 6.07) is 14.7. The molecule has 0 radical (unpaired) electrons. The van der Waals surface area contributed by atoms with Crippen molar-refractivity contribution in [3.63, 3.8) is 0 Å². The van der Waals surface area contributed by atoms with Gasteiger partial charge in [0, 0.05) is 4.47 Å². The average molecular weight is 405 g/mol. The predicted octanol–water partition coefficient (Wildman–Crippen LogP) is 4.48. The fraction of sp³-hybridized carbons (Fsp3) is 0.118. The predicted molar refractivity (Wildman–Crippen MR) is 95.5 cm³/mol. The van der Waals surface area contributed by atoms with E-state index >= 15 is 0 Å². The fourth-order valence-corrected chi connectivity index (χ4v) is 3.19. The molecule has 0 saturated carbocycles.